The molecule has 0 aliphatic heterocycles. The Labute approximate surface area is 83.8 Å². The largest absolute Gasteiger partial charge is 0.304 e. The number of hydrogen-bond acceptors (Lipinski definition) is 1. The Balaban J connectivity index is 3.28. The third-order valence-corrected chi connectivity index (χ3v) is 2.68. The van der Waals surface area contributed by atoms with Gasteiger partial charge in [0.1, 0.15) is 0 Å². The lowest BCUT2D eigenvalue weighted by Gasteiger charge is -2.17. The van der Waals surface area contributed by atoms with Crippen molar-refractivity contribution in [3.05, 3.63) is 12.7 Å². The molecule has 0 saturated heterocycles. The second-order valence-corrected chi connectivity index (χ2v) is 3.74. The molecule has 1 atom stereocenters. The first-order valence-corrected chi connectivity index (χ1v) is 5.59. The van der Waals surface area contributed by atoms with Crippen molar-refractivity contribution >= 4 is 0 Å². The maximum atomic E-state index is 3.80. The molecule has 0 rings (SSSR count). The van der Waals surface area contributed by atoms with Crippen molar-refractivity contribution in [2.75, 3.05) is 19.6 Å². The van der Waals surface area contributed by atoms with Crippen LogP contribution in [0.2, 0.25) is 0 Å². The zero-order chi connectivity index (χ0) is 10.1. The summed E-state index contributed by atoms with van der Waals surface area (Å²) in [4.78, 5) is 2.48. The fourth-order valence-electron chi connectivity index (χ4n) is 1.46. The number of unbranched alkanes of at least 4 members (excludes halogenated alkanes) is 1. The van der Waals surface area contributed by atoms with E-state index in [1.165, 1.54) is 38.9 Å². The van der Waals surface area contributed by atoms with E-state index < -0.39 is 0 Å². The molecule has 0 amide bonds. The average Bonchev–Trinajstić information content (AvgIpc) is 2.18. The van der Waals surface area contributed by atoms with E-state index in [1.54, 1.807) is 0 Å². The first-order valence-electron chi connectivity index (χ1n) is 5.59. The van der Waals surface area contributed by atoms with E-state index in [2.05, 4.69) is 38.3 Å². The summed E-state index contributed by atoms with van der Waals surface area (Å²) >= 11 is 0. The van der Waals surface area contributed by atoms with Crippen LogP contribution in [0.15, 0.2) is 12.7 Å². The molecule has 0 aliphatic carbocycles. The lowest BCUT2D eigenvalue weighted by molar-refractivity contribution is 0.294. The Morgan fingerprint density at radius 1 is 1.23 bits per heavy atom. The van der Waals surface area contributed by atoms with Crippen LogP contribution in [-0.2, 0) is 0 Å². The molecule has 0 radical (unpaired) electrons. The predicted octanol–water partition coefficient (Wildman–Crippen LogP) is 3.32. The SMILES string of the molecule is C=CC(C)CCCCN(CC)CC. The molecule has 1 unspecified atom stereocenters. The summed E-state index contributed by atoms with van der Waals surface area (Å²) < 4.78 is 0. The van der Waals surface area contributed by atoms with Gasteiger partial charge in [-0.25, -0.2) is 0 Å². The van der Waals surface area contributed by atoms with Crippen LogP contribution in [0.1, 0.15) is 40.0 Å². The molecule has 13 heavy (non-hydrogen) atoms. The molecule has 0 fully saturated rings. The van der Waals surface area contributed by atoms with Gasteiger partial charge in [-0.15, -0.1) is 6.58 Å². The zero-order valence-electron chi connectivity index (χ0n) is 9.55. The normalized spacial score (nSPS) is 13.2. The summed E-state index contributed by atoms with van der Waals surface area (Å²) in [6.07, 6.45) is 6.02. The molecule has 0 aromatic rings. The fraction of sp³-hybridized carbons (Fsp3) is 0.833. The van der Waals surface area contributed by atoms with E-state index in [1.807, 2.05) is 0 Å². The topological polar surface area (TPSA) is 3.24 Å². The molecule has 0 saturated carbocycles. The number of allylic oxidation sites excluding steroid dienone is 1. The molecular formula is C12H25N. The van der Waals surface area contributed by atoms with Crippen LogP contribution in [-0.4, -0.2) is 24.5 Å². The molecular weight excluding hydrogens is 158 g/mol. The van der Waals surface area contributed by atoms with Crippen LogP contribution >= 0.6 is 0 Å². The van der Waals surface area contributed by atoms with E-state index in [4.69, 9.17) is 0 Å². The summed E-state index contributed by atoms with van der Waals surface area (Å²) in [5, 5.41) is 0. The number of nitrogens with zero attached hydrogens (tertiary/aromatic N) is 1. The Morgan fingerprint density at radius 3 is 2.31 bits per heavy atom. The fourth-order valence-corrected chi connectivity index (χ4v) is 1.46. The molecule has 0 aromatic carbocycles. The third-order valence-electron chi connectivity index (χ3n) is 2.68. The maximum absolute atomic E-state index is 3.80. The van der Waals surface area contributed by atoms with Crippen molar-refractivity contribution in [1.29, 1.82) is 0 Å². The Morgan fingerprint density at radius 2 is 1.85 bits per heavy atom. The highest BCUT2D eigenvalue weighted by Gasteiger charge is 1.99. The molecule has 0 heterocycles. The third kappa shape index (κ3) is 6.83. The monoisotopic (exact) mass is 183 g/mol. The van der Waals surface area contributed by atoms with Gasteiger partial charge in [0.05, 0.1) is 0 Å². The highest BCUT2D eigenvalue weighted by molar-refractivity contribution is 4.74. The summed E-state index contributed by atoms with van der Waals surface area (Å²) in [6.45, 7) is 14.1. The predicted molar refractivity (Wildman–Crippen MR) is 61.0 cm³/mol. The Hall–Kier alpha value is -0.300. The molecule has 0 bridgehead atoms. The minimum Gasteiger partial charge on any atom is -0.304 e. The standard InChI is InChI=1S/C12H25N/c1-5-12(4)10-8-9-11-13(6-2)7-3/h5,12H,1,6-11H2,2-4H3. The van der Waals surface area contributed by atoms with Crippen molar-refractivity contribution in [3.63, 3.8) is 0 Å². The number of rotatable bonds is 8. The maximum Gasteiger partial charge on any atom is -0.00190 e. The van der Waals surface area contributed by atoms with Gasteiger partial charge in [0.15, 0.2) is 0 Å². The van der Waals surface area contributed by atoms with Gasteiger partial charge in [-0.3, -0.25) is 0 Å². The molecule has 78 valence electrons. The molecule has 1 nitrogen and oxygen atoms in total. The van der Waals surface area contributed by atoms with E-state index in [-0.39, 0.29) is 0 Å². The smallest absolute Gasteiger partial charge is 0.00190 e. The second-order valence-electron chi connectivity index (χ2n) is 3.74. The van der Waals surface area contributed by atoms with Gasteiger partial charge >= 0.3 is 0 Å². The van der Waals surface area contributed by atoms with Crippen LogP contribution < -0.4 is 0 Å². The van der Waals surface area contributed by atoms with Crippen molar-refractivity contribution in [3.8, 4) is 0 Å². The van der Waals surface area contributed by atoms with Gasteiger partial charge in [-0.2, -0.15) is 0 Å². The average molecular weight is 183 g/mol. The minimum atomic E-state index is 0.691. The highest BCUT2D eigenvalue weighted by atomic mass is 15.1. The van der Waals surface area contributed by atoms with Gasteiger partial charge < -0.3 is 4.90 Å². The number of hydrogen-bond donors (Lipinski definition) is 0. The van der Waals surface area contributed by atoms with E-state index in [0.717, 1.165) is 0 Å². The van der Waals surface area contributed by atoms with E-state index in [9.17, 15) is 0 Å². The van der Waals surface area contributed by atoms with Crippen LogP contribution in [0, 0.1) is 5.92 Å². The highest BCUT2D eigenvalue weighted by Crippen LogP contribution is 2.08. The van der Waals surface area contributed by atoms with Crippen molar-refractivity contribution in [2.24, 2.45) is 5.92 Å². The molecule has 1 heteroatoms. The van der Waals surface area contributed by atoms with Crippen molar-refractivity contribution < 1.29 is 0 Å². The summed E-state index contributed by atoms with van der Waals surface area (Å²) in [7, 11) is 0. The van der Waals surface area contributed by atoms with Crippen LogP contribution in [0.3, 0.4) is 0 Å². The first kappa shape index (κ1) is 12.7. The van der Waals surface area contributed by atoms with Crippen LogP contribution in [0.25, 0.3) is 0 Å². The van der Waals surface area contributed by atoms with Gasteiger partial charge in [0.2, 0.25) is 0 Å². The summed E-state index contributed by atoms with van der Waals surface area (Å²) in [6, 6.07) is 0. The zero-order valence-corrected chi connectivity index (χ0v) is 9.55. The van der Waals surface area contributed by atoms with Gasteiger partial charge in [0.25, 0.3) is 0 Å². The summed E-state index contributed by atoms with van der Waals surface area (Å²) in [5.74, 6) is 0.691. The van der Waals surface area contributed by atoms with Crippen LogP contribution in [0.4, 0.5) is 0 Å². The minimum absolute atomic E-state index is 0.691. The molecule has 0 aromatic heterocycles. The van der Waals surface area contributed by atoms with Gasteiger partial charge in [-0.05, 0) is 38.4 Å². The van der Waals surface area contributed by atoms with Crippen molar-refractivity contribution in [2.45, 2.75) is 40.0 Å². The Bertz CT molecular complexity index is 116. The van der Waals surface area contributed by atoms with E-state index in [0.29, 0.717) is 5.92 Å². The molecule has 0 N–H and O–H groups in total. The van der Waals surface area contributed by atoms with E-state index >= 15 is 0 Å². The Kier molecular flexibility index (Phi) is 8.11. The van der Waals surface area contributed by atoms with Crippen molar-refractivity contribution in [1.82, 2.24) is 4.90 Å². The van der Waals surface area contributed by atoms with Gasteiger partial charge in [0, 0.05) is 0 Å². The second kappa shape index (κ2) is 8.31. The molecule has 0 aliphatic rings. The quantitative estimate of drug-likeness (QED) is 0.412. The van der Waals surface area contributed by atoms with Crippen LogP contribution in [0.5, 0.6) is 0 Å². The lowest BCUT2D eigenvalue weighted by Crippen LogP contribution is -2.23. The summed E-state index contributed by atoms with van der Waals surface area (Å²) in [5.41, 5.74) is 0. The molecule has 0 spiro atoms. The lowest BCUT2D eigenvalue weighted by atomic mass is 10.0. The van der Waals surface area contributed by atoms with Gasteiger partial charge in [-0.1, -0.05) is 33.3 Å². The first-order chi connectivity index (χ1) is 6.24.